The van der Waals surface area contributed by atoms with Crippen molar-refractivity contribution < 1.29 is 18.9 Å². The number of ether oxygens (including phenoxy) is 4. The molecule has 176 valence electrons. The summed E-state index contributed by atoms with van der Waals surface area (Å²) in [6.07, 6.45) is 2.21. The maximum Gasteiger partial charge on any atom is 0.206 e. The van der Waals surface area contributed by atoms with E-state index in [-0.39, 0.29) is 6.10 Å². The Morgan fingerprint density at radius 2 is 1.82 bits per heavy atom. The fourth-order valence-corrected chi connectivity index (χ4v) is 4.35. The second-order valence-electron chi connectivity index (χ2n) is 7.49. The molecule has 0 spiro atoms. The fraction of sp³-hybridized carbons (Fsp3) is 0.391. The number of benzene rings is 2. The molecule has 0 radical (unpaired) electrons. The molecule has 1 aromatic heterocycles. The van der Waals surface area contributed by atoms with Crippen molar-refractivity contribution >= 4 is 28.1 Å². The summed E-state index contributed by atoms with van der Waals surface area (Å²) < 4.78 is 22.4. The van der Waals surface area contributed by atoms with Crippen molar-refractivity contribution in [1.82, 2.24) is 15.5 Å². The molecule has 0 aliphatic carbocycles. The zero-order valence-corrected chi connectivity index (χ0v) is 20.2. The van der Waals surface area contributed by atoms with Crippen molar-refractivity contribution in [2.24, 2.45) is 0 Å². The molecule has 10 heteroatoms. The first-order valence-corrected chi connectivity index (χ1v) is 11.9. The molecule has 0 saturated carbocycles. The van der Waals surface area contributed by atoms with E-state index in [0.29, 0.717) is 40.6 Å². The summed E-state index contributed by atoms with van der Waals surface area (Å²) in [6, 6.07) is 11.3. The topological polar surface area (TPSA) is 86.8 Å². The average molecular weight is 491 g/mol. The standard InChI is InChI=1S/C23H27ClN4O4S/c1-29-20-6-4-17(12-21(20)30-2)31-14-22-27-28-23(33-22)26-13-15-3-5-19(18(24)11-15)32-16-7-9-25-10-8-16/h3-6,11-12,16,25H,7-10,13-14H2,1-2H3,(H,26,28). The van der Waals surface area contributed by atoms with Crippen molar-refractivity contribution in [2.75, 3.05) is 32.6 Å². The molecule has 2 heterocycles. The van der Waals surface area contributed by atoms with Crippen LogP contribution in [0.2, 0.25) is 5.02 Å². The summed E-state index contributed by atoms with van der Waals surface area (Å²) >= 11 is 7.89. The molecule has 2 N–H and O–H groups in total. The molecule has 4 rings (SSSR count). The SMILES string of the molecule is COc1ccc(OCc2nnc(NCc3ccc(OC4CCNCC4)c(Cl)c3)s2)cc1OC. The zero-order valence-electron chi connectivity index (χ0n) is 18.6. The van der Waals surface area contributed by atoms with Crippen LogP contribution in [0.5, 0.6) is 23.0 Å². The van der Waals surface area contributed by atoms with Crippen LogP contribution in [0.1, 0.15) is 23.4 Å². The lowest BCUT2D eigenvalue weighted by Gasteiger charge is -2.24. The minimum Gasteiger partial charge on any atom is -0.493 e. The van der Waals surface area contributed by atoms with Crippen LogP contribution in [0.4, 0.5) is 5.13 Å². The third-order valence-corrected chi connectivity index (χ3v) is 6.35. The Morgan fingerprint density at radius 1 is 1.03 bits per heavy atom. The van der Waals surface area contributed by atoms with Gasteiger partial charge >= 0.3 is 0 Å². The summed E-state index contributed by atoms with van der Waals surface area (Å²) in [5.74, 6) is 2.66. The molecule has 8 nitrogen and oxygen atoms in total. The maximum absolute atomic E-state index is 6.45. The average Bonchev–Trinajstić information content (AvgIpc) is 3.31. The van der Waals surface area contributed by atoms with Gasteiger partial charge in [0.25, 0.3) is 0 Å². The highest BCUT2D eigenvalue weighted by Crippen LogP contribution is 2.32. The van der Waals surface area contributed by atoms with Gasteiger partial charge in [-0.05, 0) is 55.8 Å². The van der Waals surface area contributed by atoms with E-state index in [1.165, 1.54) is 11.3 Å². The predicted octanol–water partition coefficient (Wildman–Crippen LogP) is 4.53. The minimum atomic E-state index is 0.216. The smallest absolute Gasteiger partial charge is 0.206 e. The molecule has 33 heavy (non-hydrogen) atoms. The number of anilines is 1. The molecule has 3 aromatic rings. The van der Waals surface area contributed by atoms with E-state index in [9.17, 15) is 0 Å². The maximum atomic E-state index is 6.45. The van der Waals surface area contributed by atoms with Crippen molar-refractivity contribution in [2.45, 2.75) is 32.1 Å². The summed E-state index contributed by atoms with van der Waals surface area (Å²) in [6.45, 7) is 2.85. The zero-order chi connectivity index (χ0) is 23.0. The lowest BCUT2D eigenvalue weighted by atomic mass is 10.1. The van der Waals surface area contributed by atoms with E-state index >= 15 is 0 Å². The second kappa shape index (κ2) is 11.4. The van der Waals surface area contributed by atoms with Crippen LogP contribution in [0, 0.1) is 0 Å². The van der Waals surface area contributed by atoms with E-state index in [0.717, 1.165) is 42.3 Å². The summed E-state index contributed by atoms with van der Waals surface area (Å²) in [4.78, 5) is 0. The first-order chi connectivity index (χ1) is 16.1. The monoisotopic (exact) mass is 490 g/mol. The van der Waals surface area contributed by atoms with Gasteiger partial charge in [-0.2, -0.15) is 0 Å². The minimum absolute atomic E-state index is 0.216. The number of aromatic nitrogens is 2. The number of piperidine rings is 1. The second-order valence-corrected chi connectivity index (χ2v) is 8.96. The number of rotatable bonds is 10. The normalized spacial score (nSPS) is 14.0. The summed E-state index contributed by atoms with van der Waals surface area (Å²) in [5, 5.41) is 17.1. The van der Waals surface area contributed by atoms with Crippen LogP contribution in [-0.4, -0.2) is 43.6 Å². The lowest BCUT2D eigenvalue weighted by molar-refractivity contribution is 0.162. The van der Waals surface area contributed by atoms with Gasteiger partial charge in [-0.1, -0.05) is 29.0 Å². The molecule has 2 aromatic carbocycles. The Hall–Kier alpha value is -2.75. The first-order valence-electron chi connectivity index (χ1n) is 10.7. The van der Waals surface area contributed by atoms with Crippen molar-refractivity contribution in [3.05, 3.63) is 52.0 Å². The Balaban J connectivity index is 1.28. The number of nitrogens with zero attached hydrogens (tertiary/aromatic N) is 2. The summed E-state index contributed by atoms with van der Waals surface area (Å²) in [5.41, 5.74) is 1.04. The van der Waals surface area contributed by atoms with E-state index < -0.39 is 0 Å². The molecule has 0 atom stereocenters. The van der Waals surface area contributed by atoms with Crippen LogP contribution in [0.25, 0.3) is 0 Å². The summed E-state index contributed by atoms with van der Waals surface area (Å²) in [7, 11) is 3.19. The third kappa shape index (κ3) is 6.40. The van der Waals surface area contributed by atoms with E-state index in [1.54, 1.807) is 26.4 Å². The van der Waals surface area contributed by atoms with Gasteiger partial charge in [0.1, 0.15) is 24.2 Å². The molecule has 0 bridgehead atoms. The molecule has 1 aliphatic rings. The van der Waals surface area contributed by atoms with Gasteiger partial charge in [0.05, 0.1) is 19.2 Å². The van der Waals surface area contributed by atoms with E-state index in [4.69, 9.17) is 30.5 Å². The Kier molecular flexibility index (Phi) is 8.09. The van der Waals surface area contributed by atoms with Crippen molar-refractivity contribution in [3.63, 3.8) is 0 Å². The molecule has 0 unspecified atom stereocenters. The van der Waals surface area contributed by atoms with E-state index in [1.807, 2.05) is 24.3 Å². The molecule has 0 amide bonds. The van der Waals surface area contributed by atoms with Crippen LogP contribution in [0.3, 0.4) is 0 Å². The number of nitrogens with one attached hydrogen (secondary N) is 2. The first kappa shape index (κ1) is 23.4. The number of hydrogen-bond acceptors (Lipinski definition) is 9. The number of halogens is 1. The lowest BCUT2D eigenvalue weighted by Crippen LogP contribution is -2.34. The number of hydrogen-bond donors (Lipinski definition) is 2. The fourth-order valence-electron chi connectivity index (χ4n) is 3.46. The van der Waals surface area contributed by atoms with Crippen LogP contribution >= 0.6 is 22.9 Å². The Morgan fingerprint density at radius 3 is 2.58 bits per heavy atom. The van der Waals surface area contributed by atoms with Gasteiger partial charge in [0.2, 0.25) is 5.13 Å². The quantitative estimate of drug-likeness (QED) is 0.428. The van der Waals surface area contributed by atoms with Crippen molar-refractivity contribution in [3.8, 4) is 23.0 Å². The molecular weight excluding hydrogens is 464 g/mol. The molecule has 1 aliphatic heterocycles. The Labute approximate surface area is 202 Å². The van der Waals surface area contributed by atoms with E-state index in [2.05, 4.69) is 20.8 Å². The third-order valence-electron chi connectivity index (χ3n) is 5.20. The molecule has 1 fully saturated rings. The van der Waals surface area contributed by atoms with Crippen molar-refractivity contribution in [1.29, 1.82) is 0 Å². The van der Waals surface area contributed by atoms with Crippen LogP contribution in [0.15, 0.2) is 36.4 Å². The van der Waals surface area contributed by atoms with Crippen LogP contribution < -0.4 is 29.6 Å². The largest absolute Gasteiger partial charge is 0.493 e. The molecule has 1 saturated heterocycles. The van der Waals surface area contributed by atoms with Crippen LogP contribution in [-0.2, 0) is 13.2 Å². The predicted molar refractivity (Wildman–Crippen MR) is 129 cm³/mol. The van der Waals surface area contributed by atoms with Gasteiger partial charge in [-0.3, -0.25) is 0 Å². The van der Waals surface area contributed by atoms with Gasteiger partial charge < -0.3 is 29.6 Å². The highest BCUT2D eigenvalue weighted by Gasteiger charge is 2.16. The number of methoxy groups -OCH3 is 2. The highest BCUT2D eigenvalue weighted by molar-refractivity contribution is 7.15. The highest BCUT2D eigenvalue weighted by atomic mass is 35.5. The van der Waals surface area contributed by atoms with Gasteiger partial charge in [-0.15, -0.1) is 10.2 Å². The van der Waals surface area contributed by atoms with Gasteiger partial charge in [-0.25, -0.2) is 0 Å². The van der Waals surface area contributed by atoms with Gasteiger partial charge in [0, 0.05) is 12.6 Å². The van der Waals surface area contributed by atoms with Gasteiger partial charge in [0.15, 0.2) is 16.5 Å². The molecular formula is C23H27ClN4O4S. The Bertz CT molecular complexity index is 1060.